The molecular formula is C15H17NO4S. The van der Waals surface area contributed by atoms with Gasteiger partial charge in [-0.25, -0.2) is 8.42 Å². The molecule has 0 aliphatic heterocycles. The molecule has 1 aromatic carbocycles. The first-order valence-electron chi connectivity index (χ1n) is 6.63. The van der Waals surface area contributed by atoms with E-state index in [0.29, 0.717) is 5.56 Å². The number of nitriles is 1. The average molecular weight is 307 g/mol. The standard InChI is InChI=1S/C15H17NO4S/c1-4-20-14(17)15(9-16)12(13(15)21(3,18)19)11-7-5-10(2)6-8-11/h5-8,12-13H,4H2,1-3H3/t12-,13+,15+/m0/s1. The Labute approximate surface area is 124 Å². The van der Waals surface area contributed by atoms with E-state index < -0.39 is 32.4 Å². The van der Waals surface area contributed by atoms with Gasteiger partial charge in [0.1, 0.15) is 5.25 Å². The van der Waals surface area contributed by atoms with Crippen LogP contribution < -0.4 is 0 Å². The maximum Gasteiger partial charge on any atom is 0.328 e. The highest BCUT2D eigenvalue weighted by Crippen LogP contribution is 2.63. The van der Waals surface area contributed by atoms with E-state index in [0.717, 1.165) is 11.8 Å². The molecule has 1 fully saturated rings. The molecule has 0 heterocycles. The molecule has 0 aromatic heterocycles. The second-order valence-electron chi connectivity index (χ2n) is 5.34. The molecule has 112 valence electrons. The van der Waals surface area contributed by atoms with Crippen LogP contribution in [0.5, 0.6) is 0 Å². The van der Waals surface area contributed by atoms with Crippen LogP contribution in [0.3, 0.4) is 0 Å². The Morgan fingerprint density at radius 2 is 1.95 bits per heavy atom. The molecule has 1 aromatic rings. The zero-order valence-corrected chi connectivity index (χ0v) is 13.0. The summed E-state index contributed by atoms with van der Waals surface area (Å²) in [6.45, 7) is 3.65. The van der Waals surface area contributed by atoms with Crippen molar-refractivity contribution in [2.24, 2.45) is 5.41 Å². The van der Waals surface area contributed by atoms with Gasteiger partial charge in [0.05, 0.1) is 12.7 Å². The van der Waals surface area contributed by atoms with Crippen molar-refractivity contribution in [1.29, 1.82) is 5.26 Å². The fourth-order valence-corrected chi connectivity index (χ4v) is 4.58. The Balaban J connectivity index is 2.50. The van der Waals surface area contributed by atoms with Gasteiger partial charge in [-0.15, -0.1) is 0 Å². The van der Waals surface area contributed by atoms with Gasteiger partial charge in [0, 0.05) is 12.2 Å². The molecule has 2 rings (SSSR count). The first-order valence-corrected chi connectivity index (χ1v) is 8.58. The van der Waals surface area contributed by atoms with Gasteiger partial charge >= 0.3 is 5.97 Å². The third kappa shape index (κ3) is 2.42. The summed E-state index contributed by atoms with van der Waals surface area (Å²) in [7, 11) is -3.54. The third-order valence-corrected chi connectivity index (χ3v) is 5.40. The van der Waals surface area contributed by atoms with Gasteiger partial charge < -0.3 is 4.74 Å². The van der Waals surface area contributed by atoms with Gasteiger partial charge in [-0.2, -0.15) is 5.26 Å². The molecule has 1 aliphatic rings. The summed E-state index contributed by atoms with van der Waals surface area (Å²) in [6, 6.07) is 9.09. The Hall–Kier alpha value is -1.87. The van der Waals surface area contributed by atoms with Gasteiger partial charge in [0.2, 0.25) is 0 Å². The number of carbonyl (C=O) groups excluding carboxylic acids is 1. The fourth-order valence-electron chi connectivity index (χ4n) is 2.82. The summed E-state index contributed by atoms with van der Waals surface area (Å²) in [4.78, 5) is 12.2. The number of aryl methyl sites for hydroxylation is 1. The molecule has 0 unspecified atom stereocenters. The first kappa shape index (κ1) is 15.5. The molecule has 0 N–H and O–H groups in total. The second-order valence-corrected chi connectivity index (χ2v) is 7.51. The highest BCUT2D eigenvalue weighted by atomic mass is 32.2. The van der Waals surface area contributed by atoms with Crippen LogP contribution in [0.2, 0.25) is 0 Å². The minimum Gasteiger partial charge on any atom is -0.465 e. The number of ether oxygens (including phenoxy) is 1. The van der Waals surface area contributed by atoms with Crippen LogP contribution in [0.15, 0.2) is 24.3 Å². The fraction of sp³-hybridized carbons (Fsp3) is 0.467. The lowest BCUT2D eigenvalue weighted by molar-refractivity contribution is -0.147. The van der Waals surface area contributed by atoms with Crippen LogP contribution in [0.25, 0.3) is 0 Å². The summed E-state index contributed by atoms with van der Waals surface area (Å²) < 4.78 is 28.9. The molecular weight excluding hydrogens is 290 g/mol. The van der Waals surface area contributed by atoms with Gasteiger partial charge in [0.15, 0.2) is 15.3 Å². The first-order chi connectivity index (χ1) is 9.79. The van der Waals surface area contributed by atoms with Crippen LogP contribution in [-0.4, -0.2) is 32.5 Å². The number of hydrogen-bond donors (Lipinski definition) is 0. The molecule has 0 saturated heterocycles. The van der Waals surface area contributed by atoms with Gasteiger partial charge in [0.25, 0.3) is 0 Å². The predicted octanol–water partition coefficient (Wildman–Crippen LogP) is 1.58. The largest absolute Gasteiger partial charge is 0.465 e. The molecule has 1 aliphatic carbocycles. The number of nitrogens with zero attached hydrogens (tertiary/aromatic N) is 1. The van der Waals surface area contributed by atoms with E-state index >= 15 is 0 Å². The number of sulfone groups is 1. The van der Waals surface area contributed by atoms with Crippen LogP contribution >= 0.6 is 0 Å². The Morgan fingerprint density at radius 3 is 2.38 bits per heavy atom. The zero-order valence-electron chi connectivity index (χ0n) is 12.2. The molecule has 21 heavy (non-hydrogen) atoms. The van der Waals surface area contributed by atoms with E-state index in [1.165, 1.54) is 0 Å². The van der Waals surface area contributed by atoms with Crippen molar-refractivity contribution >= 4 is 15.8 Å². The lowest BCUT2D eigenvalue weighted by Crippen LogP contribution is -2.24. The minimum atomic E-state index is -3.54. The van der Waals surface area contributed by atoms with Crippen LogP contribution in [-0.2, 0) is 19.4 Å². The number of esters is 1. The van der Waals surface area contributed by atoms with E-state index in [1.54, 1.807) is 19.1 Å². The smallest absolute Gasteiger partial charge is 0.328 e. The maximum atomic E-state index is 12.2. The quantitative estimate of drug-likeness (QED) is 0.788. The monoisotopic (exact) mass is 307 g/mol. The molecule has 0 amide bonds. The van der Waals surface area contributed by atoms with Crippen molar-refractivity contribution in [3.63, 3.8) is 0 Å². The Bertz CT molecular complexity index is 702. The third-order valence-electron chi connectivity index (χ3n) is 3.83. The number of carbonyl (C=O) groups is 1. The van der Waals surface area contributed by atoms with Gasteiger partial charge in [-0.1, -0.05) is 29.8 Å². The molecule has 1 saturated carbocycles. The maximum absolute atomic E-state index is 12.2. The van der Waals surface area contributed by atoms with Crippen molar-refractivity contribution < 1.29 is 17.9 Å². The topological polar surface area (TPSA) is 84.2 Å². The summed E-state index contributed by atoms with van der Waals surface area (Å²) in [6.07, 6.45) is 1.05. The van der Waals surface area contributed by atoms with E-state index in [4.69, 9.17) is 4.74 Å². The lowest BCUT2D eigenvalue weighted by atomic mass is 10.00. The predicted molar refractivity (Wildman–Crippen MR) is 77.2 cm³/mol. The van der Waals surface area contributed by atoms with Crippen molar-refractivity contribution in [1.82, 2.24) is 0 Å². The lowest BCUT2D eigenvalue weighted by Gasteiger charge is -2.08. The molecule has 0 spiro atoms. The number of benzene rings is 1. The molecule has 0 bridgehead atoms. The van der Waals surface area contributed by atoms with Crippen LogP contribution in [0.1, 0.15) is 24.0 Å². The SMILES string of the molecule is CCOC(=O)[C@@]1(C#N)[C@H](S(C)(=O)=O)[C@@H]1c1ccc(C)cc1. The van der Waals surface area contributed by atoms with Crippen molar-refractivity contribution in [2.75, 3.05) is 12.9 Å². The van der Waals surface area contributed by atoms with Crippen molar-refractivity contribution in [2.45, 2.75) is 25.0 Å². The van der Waals surface area contributed by atoms with Crippen LogP contribution in [0.4, 0.5) is 0 Å². The van der Waals surface area contributed by atoms with Crippen molar-refractivity contribution in [3.8, 4) is 6.07 Å². The molecule has 0 radical (unpaired) electrons. The van der Waals surface area contributed by atoms with E-state index in [1.807, 2.05) is 25.1 Å². The normalized spacial score (nSPS) is 27.7. The van der Waals surface area contributed by atoms with E-state index in [2.05, 4.69) is 0 Å². The average Bonchev–Trinajstić information content (AvgIpc) is 3.10. The van der Waals surface area contributed by atoms with Gasteiger partial charge in [-0.05, 0) is 19.4 Å². The second kappa shape index (κ2) is 5.15. The van der Waals surface area contributed by atoms with Crippen molar-refractivity contribution in [3.05, 3.63) is 35.4 Å². The van der Waals surface area contributed by atoms with E-state index in [-0.39, 0.29) is 6.61 Å². The number of hydrogen-bond acceptors (Lipinski definition) is 5. The highest BCUT2D eigenvalue weighted by molar-refractivity contribution is 7.91. The molecule has 5 nitrogen and oxygen atoms in total. The summed E-state index contributed by atoms with van der Waals surface area (Å²) >= 11 is 0. The Morgan fingerprint density at radius 1 is 1.38 bits per heavy atom. The zero-order chi connectivity index (χ0) is 15.8. The summed E-state index contributed by atoms with van der Waals surface area (Å²) in [5.41, 5.74) is 0.0680. The van der Waals surface area contributed by atoms with E-state index in [9.17, 15) is 18.5 Å². The molecule has 3 atom stereocenters. The highest BCUT2D eigenvalue weighted by Gasteiger charge is 2.76. The summed E-state index contributed by atoms with van der Waals surface area (Å²) in [5, 5.41) is 8.41. The molecule has 6 heteroatoms. The minimum absolute atomic E-state index is 0.110. The van der Waals surface area contributed by atoms with Gasteiger partial charge in [-0.3, -0.25) is 4.79 Å². The Kier molecular flexibility index (Phi) is 3.81. The van der Waals surface area contributed by atoms with Crippen LogP contribution in [0, 0.1) is 23.7 Å². The summed E-state index contributed by atoms with van der Waals surface area (Å²) in [5.74, 6) is -1.43. The number of rotatable bonds is 4.